The van der Waals surface area contributed by atoms with Crippen LogP contribution >= 0.6 is 0 Å². The Morgan fingerprint density at radius 1 is 0.895 bits per heavy atom. The number of aryl methyl sites for hydroxylation is 2. The Balaban J connectivity index is 1.30. The first-order chi connectivity index (χ1) is 17.9. The number of anilines is 1. The number of rotatable bonds is 7. The lowest BCUT2D eigenvalue weighted by Crippen LogP contribution is -2.47. The third kappa shape index (κ3) is 6.78. The van der Waals surface area contributed by atoms with E-state index in [2.05, 4.69) is 19.9 Å². The lowest BCUT2D eigenvalue weighted by Gasteiger charge is -2.36. The third-order valence-electron chi connectivity index (χ3n) is 6.72. The van der Waals surface area contributed by atoms with E-state index in [0.717, 1.165) is 49.7 Å². The van der Waals surface area contributed by atoms with Crippen LogP contribution in [0.3, 0.4) is 0 Å². The van der Waals surface area contributed by atoms with E-state index in [9.17, 15) is 18.0 Å². The molecule has 0 N–H and O–H groups in total. The second kappa shape index (κ2) is 11.2. The standard InChI is InChI=1S/C28H35F3N6O/c1-20-19-37(26(38)34-24(20)21-10-6-5-7-11-21)13-9-8-12-35-14-16-36(17-15-35)23-18-22(28(29,30)31)32-25(33-23)27(2,3)4/h5-7,10-11,18-19H,8-9,12-17H2,1-4H3. The van der Waals surface area contributed by atoms with E-state index in [1.165, 1.54) is 0 Å². The summed E-state index contributed by atoms with van der Waals surface area (Å²) in [4.78, 5) is 29.3. The van der Waals surface area contributed by atoms with Crippen LogP contribution in [-0.4, -0.2) is 57.1 Å². The highest BCUT2D eigenvalue weighted by Gasteiger charge is 2.36. The molecule has 0 spiro atoms. The zero-order chi connectivity index (χ0) is 27.5. The van der Waals surface area contributed by atoms with Crippen LogP contribution < -0.4 is 10.6 Å². The van der Waals surface area contributed by atoms with Gasteiger partial charge in [-0.2, -0.15) is 18.2 Å². The van der Waals surface area contributed by atoms with Crippen molar-refractivity contribution in [3.8, 4) is 11.3 Å². The summed E-state index contributed by atoms with van der Waals surface area (Å²) < 4.78 is 42.1. The van der Waals surface area contributed by atoms with Gasteiger partial charge in [0, 0.05) is 56.0 Å². The van der Waals surface area contributed by atoms with E-state index in [1.807, 2.05) is 69.1 Å². The minimum absolute atomic E-state index is 0.196. The highest BCUT2D eigenvalue weighted by atomic mass is 19.4. The minimum Gasteiger partial charge on any atom is -0.354 e. The molecule has 10 heteroatoms. The highest BCUT2D eigenvalue weighted by molar-refractivity contribution is 5.61. The van der Waals surface area contributed by atoms with Crippen molar-refractivity contribution >= 4 is 5.82 Å². The average molecular weight is 529 g/mol. The number of aromatic nitrogens is 4. The molecule has 7 nitrogen and oxygen atoms in total. The molecule has 0 bridgehead atoms. The van der Waals surface area contributed by atoms with Gasteiger partial charge in [-0.05, 0) is 31.9 Å². The van der Waals surface area contributed by atoms with E-state index in [0.29, 0.717) is 31.1 Å². The summed E-state index contributed by atoms with van der Waals surface area (Å²) in [5.41, 5.74) is 0.868. The van der Waals surface area contributed by atoms with E-state index in [1.54, 1.807) is 4.57 Å². The van der Waals surface area contributed by atoms with Crippen LogP contribution in [0.4, 0.5) is 19.0 Å². The molecule has 38 heavy (non-hydrogen) atoms. The van der Waals surface area contributed by atoms with E-state index < -0.39 is 17.3 Å². The van der Waals surface area contributed by atoms with Crippen LogP contribution in [0, 0.1) is 6.92 Å². The predicted molar refractivity (Wildman–Crippen MR) is 142 cm³/mol. The van der Waals surface area contributed by atoms with Gasteiger partial charge in [0.2, 0.25) is 0 Å². The van der Waals surface area contributed by atoms with Gasteiger partial charge in [-0.25, -0.2) is 14.8 Å². The van der Waals surface area contributed by atoms with Crippen LogP contribution in [0.15, 0.2) is 47.4 Å². The van der Waals surface area contributed by atoms with E-state index >= 15 is 0 Å². The molecule has 0 atom stereocenters. The first-order valence-electron chi connectivity index (χ1n) is 13.0. The lowest BCUT2D eigenvalue weighted by molar-refractivity contribution is -0.141. The third-order valence-corrected chi connectivity index (χ3v) is 6.72. The molecule has 1 aliphatic heterocycles. The molecule has 1 fully saturated rings. The fourth-order valence-electron chi connectivity index (χ4n) is 4.54. The number of nitrogens with zero attached hydrogens (tertiary/aromatic N) is 6. The first-order valence-corrected chi connectivity index (χ1v) is 13.0. The van der Waals surface area contributed by atoms with E-state index in [4.69, 9.17) is 0 Å². The number of halogens is 3. The molecule has 2 aromatic heterocycles. The quantitative estimate of drug-likeness (QED) is 0.406. The molecule has 1 saturated heterocycles. The number of hydrogen-bond acceptors (Lipinski definition) is 6. The van der Waals surface area contributed by atoms with Crippen molar-refractivity contribution in [3.05, 3.63) is 70.2 Å². The highest BCUT2D eigenvalue weighted by Crippen LogP contribution is 2.32. The molecule has 204 valence electrons. The van der Waals surface area contributed by atoms with Gasteiger partial charge in [0.1, 0.15) is 17.3 Å². The smallest absolute Gasteiger partial charge is 0.354 e. The Labute approximate surface area is 221 Å². The van der Waals surface area contributed by atoms with Crippen LogP contribution in [-0.2, 0) is 18.1 Å². The first kappa shape index (κ1) is 27.8. The molecule has 3 aromatic rings. The molecule has 1 aliphatic rings. The number of unbranched alkanes of at least 4 members (excludes halogenated alkanes) is 1. The van der Waals surface area contributed by atoms with Crippen LogP contribution in [0.25, 0.3) is 11.3 Å². The van der Waals surface area contributed by atoms with Crippen LogP contribution in [0.2, 0.25) is 0 Å². The Morgan fingerprint density at radius 3 is 2.18 bits per heavy atom. The molecular formula is C28H35F3N6O. The van der Waals surface area contributed by atoms with Crippen molar-refractivity contribution in [1.82, 2.24) is 24.4 Å². The summed E-state index contributed by atoms with van der Waals surface area (Å²) in [7, 11) is 0. The summed E-state index contributed by atoms with van der Waals surface area (Å²) in [6.07, 6.45) is -0.899. The number of alkyl halides is 3. The summed E-state index contributed by atoms with van der Waals surface area (Å²) >= 11 is 0. The molecule has 0 aliphatic carbocycles. The molecule has 4 rings (SSSR count). The van der Waals surface area contributed by atoms with Gasteiger partial charge in [0.05, 0.1) is 5.69 Å². The predicted octanol–water partition coefficient (Wildman–Crippen LogP) is 4.93. The second-order valence-electron chi connectivity index (χ2n) is 10.8. The van der Waals surface area contributed by atoms with Crippen molar-refractivity contribution < 1.29 is 13.2 Å². The maximum Gasteiger partial charge on any atom is 0.433 e. The summed E-state index contributed by atoms with van der Waals surface area (Å²) in [5, 5.41) is 0. The SMILES string of the molecule is Cc1cn(CCCCN2CCN(c3cc(C(F)(F)F)nc(C(C)(C)C)n3)CC2)c(=O)nc1-c1ccccc1. The molecule has 0 radical (unpaired) electrons. The largest absolute Gasteiger partial charge is 0.433 e. The van der Waals surface area contributed by atoms with Crippen molar-refractivity contribution in [2.75, 3.05) is 37.6 Å². The van der Waals surface area contributed by atoms with Gasteiger partial charge in [-0.3, -0.25) is 9.47 Å². The monoisotopic (exact) mass is 528 g/mol. The molecule has 0 amide bonds. The van der Waals surface area contributed by atoms with Crippen molar-refractivity contribution in [1.29, 1.82) is 0 Å². The summed E-state index contributed by atoms with van der Waals surface area (Å²) in [5.74, 6) is 0.527. The topological polar surface area (TPSA) is 67.2 Å². The number of piperazine rings is 1. The Kier molecular flexibility index (Phi) is 8.20. The fourth-order valence-corrected chi connectivity index (χ4v) is 4.54. The minimum atomic E-state index is -4.52. The molecular weight excluding hydrogens is 493 g/mol. The van der Waals surface area contributed by atoms with Crippen LogP contribution in [0.1, 0.15) is 50.7 Å². The summed E-state index contributed by atoms with van der Waals surface area (Å²) in [6.45, 7) is 11.5. The van der Waals surface area contributed by atoms with E-state index in [-0.39, 0.29) is 11.5 Å². The van der Waals surface area contributed by atoms with Crippen molar-refractivity contribution in [3.63, 3.8) is 0 Å². The zero-order valence-corrected chi connectivity index (χ0v) is 22.4. The second-order valence-corrected chi connectivity index (χ2v) is 10.8. The average Bonchev–Trinajstić information content (AvgIpc) is 2.88. The van der Waals surface area contributed by atoms with Gasteiger partial charge >= 0.3 is 11.9 Å². The molecule has 3 heterocycles. The maximum atomic E-state index is 13.5. The number of benzene rings is 1. The van der Waals surface area contributed by atoms with Gasteiger partial charge in [0.15, 0.2) is 0 Å². The van der Waals surface area contributed by atoms with Gasteiger partial charge in [0.25, 0.3) is 0 Å². The Hall–Kier alpha value is -3.27. The number of hydrogen-bond donors (Lipinski definition) is 0. The van der Waals surface area contributed by atoms with Crippen LogP contribution in [0.5, 0.6) is 0 Å². The van der Waals surface area contributed by atoms with Gasteiger partial charge in [-0.1, -0.05) is 51.1 Å². The van der Waals surface area contributed by atoms with Crippen molar-refractivity contribution in [2.45, 2.75) is 58.7 Å². The van der Waals surface area contributed by atoms with Crippen molar-refractivity contribution in [2.24, 2.45) is 0 Å². The van der Waals surface area contributed by atoms with Gasteiger partial charge in [-0.15, -0.1) is 0 Å². The Bertz CT molecular complexity index is 1260. The molecule has 0 saturated carbocycles. The van der Waals surface area contributed by atoms with Gasteiger partial charge < -0.3 is 4.90 Å². The molecule has 0 unspecified atom stereocenters. The summed E-state index contributed by atoms with van der Waals surface area (Å²) in [6, 6.07) is 10.7. The Morgan fingerprint density at radius 2 is 1.55 bits per heavy atom. The normalized spacial score (nSPS) is 15.2. The zero-order valence-electron chi connectivity index (χ0n) is 22.4. The fraction of sp³-hybridized carbons (Fsp3) is 0.500. The molecule has 1 aromatic carbocycles. The lowest BCUT2D eigenvalue weighted by atomic mass is 9.95. The maximum absolute atomic E-state index is 13.5.